The van der Waals surface area contributed by atoms with Crippen LogP contribution in [-0.4, -0.2) is 22.6 Å². The number of carbonyl (C=O) groups excluding carboxylic acids is 1. The third-order valence-corrected chi connectivity index (χ3v) is 3.67. The van der Waals surface area contributed by atoms with Gasteiger partial charge in [-0.25, -0.2) is 0 Å². The van der Waals surface area contributed by atoms with Crippen LogP contribution in [0.1, 0.15) is 17.4 Å². The first-order valence-corrected chi connectivity index (χ1v) is 7.11. The first-order valence-electron chi connectivity index (χ1n) is 5.94. The third kappa shape index (κ3) is 3.68. The van der Waals surface area contributed by atoms with Crippen LogP contribution in [0.25, 0.3) is 0 Å². The molecule has 0 saturated heterocycles. The van der Waals surface area contributed by atoms with Crippen molar-refractivity contribution in [3.63, 3.8) is 0 Å². The van der Waals surface area contributed by atoms with Crippen molar-refractivity contribution in [3.8, 4) is 0 Å². The van der Waals surface area contributed by atoms with E-state index in [0.29, 0.717) is 16.5 Å². The van der Waals surface area contributed by atoms with Gasteiger partial charge in [-0.2, -0.15) is 0 Å². The zero-order valence-electron chi connectivity index (χ0n) is 10.7. The lowest BCUT2D eigenvalue weighted by Gasteiger charge is -2.06. The summed E-state index contributed by atoms with van der Waals surface area (Å²) in [6.07, 6.45) is 0. The van der Waals surface area contributed by atoms with Crippen molar-refractivity contribution in [1.82, 2.24) is 10.2 Å². The van der Waals surface area contributed by atoms with Crippen molar-refractivity contribution in [3.05, 3.63) is 45.5 Å². The maximum absolute atomic E-state index is 12.0. The average Bonchev–Trinajstić information content (AvgIpc) is 2.44. The largest absolute Gasteiger partial charge is 0.369 e. The second-order valence-corrected chi connectivity index (χ2v) is 5.18. The Morgan fingerprint density at radius 3 is 2.70 bits per heavy atom. The Bertz CT molecular complexity index is 618. The fourth-order valence-electron chi connectivity index (χ4n) is 1.50. The SMILES string of the molecule is CCNc1ccc(C(=O)Nc2ccc(Br)c(Cl)c2)nn1. The minimum Gasteiger partial charge on any atom is -0.369 e. The molecule has 0 fully saturated rings. The Morgan fingerprint density at radius 1 is 1.30 bits per heavy atom. The van der Waals surface area contributed by atoms with Gasteiger partial charge in [0.25, 0.3) is 5.91 Å². The molecule has 0 spiro atoms. The summed E-state index contributed by atoms with van der Waals surface area (Å²) in [7, 11) is 0. The van der Waals surface area contributed by atoms with Crippen molar-refractivity contribution in [2.45, 2.75) is 6.92 Å². The molecule has 0 unspecified atom stereocenters. The number of amides is 1. The molecule has 104 valence electrons. The Morgan fingerprint density at radius 2 is 2.10 bits per heavy atom. The molecule has 1 aromatic carbocycles. The van der Waals surface area contributed by atoms with Gasteiger partial charge in [0.2, 0.25) is 0 Å². The monoisotopic (exact) mass is 354 g/mol. The Kier molecular flexibility index (Phi) is 4.92. The summed E-state index contributed by atoms with van der Waals surface area (Å²) >= 11 is 9.25. The highest BCUT2D eigenvalue weighted by molar-refractivity contribution is 9.10. The number of halogens is 2. The molecule has 20 heavy (non-hydrogen) atoms. The molecule has 5 nitrogen and oxygen atoms in total. The van der Waals surface area contributed by atoms with Crippen LogP contribution >= 0.6 is 27.5 Å². The second-order valence-electron chi connectivity index (χ2n) is 3.92. The quantitative estimate of drug-likeness (QED) is 0.880. The molecule has 0 aliphatic carbocycles. The standard InChI is InChI=1S/C13H12BrClN4O/c1-2-16-12-6-5-11(18-19-12)13(20)17-8-3-4-9(14)10(15)7-8/h3-7H,2H2,1H3,(H,16,19)(H,17,20). The summed E-state index contributed by atoms with van der Waals surface area (Å²) in [5, 5.41) is 14.0. The second kappa shape index (κ2) is 6.67. The molecule has 2 aromatic rings. The number of rotatable bonds is 4. The molecule has 7 heteroatoms. The van der Waals surface area contributed by atoms with Gasteiger partial charge in [0.15, 0.2) is 5.69 Å². The van der Waals surface area contributed by atoms with E-state index in [4.69, 9.17) is 11.6 Å². The first kappa shape index (κ1) is 14.7. The molecular formula is C13H12BrClN4O. The molecule has 0 aliphatic rings. The Balaban J connectivity index is 2.09. The molecule has 0 radical (unpaired) electrons. The number of benzene rings is 1. The Labute approximate surface area is 129 Å². The number of anilines is 2. The van der Waals surface area contributed by atoms with Gasteiger partial charge >= 0.3 is 0 Å². The molecule has 2 rings (SSSR count). The molecule has 1 heterocycles. The van der Waals surface area contributed by atoms with Gasteiger partial charge in [0, 0.05) is 16.7 Å². The number of carbonyl (C=O) groups is 1. The highest BCUT2D eigenvalue weighted by Gasteiger charge is 2.09. The number of nitrogens with one attached hydrogen (secondary N) is 2. The van der Waals surface area contributed by atoms with Crippen LogP contribution in [0.3, 0.4) is 0 Å². The van der Waals surface area contributed by atoms with E-state index in [0.717, 1.165) is 11.0 Å². The predicted octanol–water partition coefficient (Wildman–Crippen LogP) is 3.58. The minimum atomic E-state index is -0.334. The van der Waals surface area contributed by atoms with E-state index in [1.165, 1.54) is 0 Å². The van der Waals surface area contributed by atoms with Crippen molar-refractivity contribution >= 4 is 44.9 Å². The molecule has 0 atom stereocenters. The average molecular weight is 356 g/mol. The topological polar surface area (TPSA) is 66.9 Å². The highest BCUT2D eigenvalue weighted by atomic mass is 79.9. The van der Waals surface area contributed by atoms with E-state index >= 15 is 0 Å². The molecule has 0 bridgehead atoms. The van der Waals surface area contributed by atoms with Crippen LogP contribution < -0.4 is 10.6 Å². The van der Waals surface area contributed by atoms with Crippen molar-refractivity contribution in [1.29, 1.82) is 0 Å². The van der Waals surface area contributed by atoms with E-state index in [2.05, 4.69) is 36.8 Å². The van der Waals surface area contributed by atoms with Gasteiger partial charge in [-0.15, -0.1) is 10.2 Å². The van der Waals surface area contributed by atoms with Crippen LogP contribution in [0.5, 0.6) is 0 Å². The molecule has 1 amide bonds. The highest BCUT2D eigenvalue weighted by Crippen LogP contribution is 2.25. The molecule has 1 aromatic heterocycles. The van der Waals surface area contributed by atoms with Gasteiger partial charge in [-0.1, -0.05) is 11.6 Å². The summed E-state index contributed by atoms with van der Waals surface area (Å²) in [5.74, 6) is 0.301. The lowest BCUT2D eigenvalue weighted by Crippen LogP contribution is -2.14. The van der Waals surface area contributed by atoms with Crippen molar-refractivity contribution < 1.29 is 4.79 Å². The van der Waals surface area contributed by atoms with Crippen molar-refractivity contribution in [2.75, 3.05) is 17.2 Å². The summed E-state index contributed by atoms with van der Waals surface area (Å²) in [6.45, 7) is 2.71. The van der Waals surface area contributed by atoms with Gasteiger partial charge in [0.1, 0.15) is 5.82 Å². The van der Waals surface area contributed by atoms with E-state index in [-0.39, 0.29) is 11.6 Å². The number of aromatic nitrogens is 2. The zero-order valence-corrected chi connectivity index (χ0v) is 13.0. The predicted molar refractivity (Wildman–Crippen MR) is 83.3 cm³/mol. The van der Waals surface area contributed by atoms with Gasteiger partial charge in [0.05, 0.1) is 5.02 Å². The molecule has 0 saturated carbocycles. The maximum Gasteiger partial charge on any atom is 0.276 e. The third-order valence-electron chi connectivity index (χ3n) is 2.43. The van der Waals surface area contributed by atoms with Gasteiger partial charge in [-0.05, 0) is 53.2 Å². The lowest BCUT2D eigenvalue weighted by atomic mass is 10.3. The fraction of sp³-hybridized carbons (Fsp3) is 0.154. The van der Waals surface area contributed by atoms with Crippen molar-refractivity contribution in [2.24, 2.45) is 0 Å². The zero-order chi connectivity index (χ0) is 14.5. The van der Waals surface area contributed by atoms with Crippen LogP contribution in [0.2, 0.25) is 5.02 Å². The van der Waals surface area contributed by atoms with Crippen LogP contribution in [0.4, 0.5) is 11.5 Å². The number of nitrogens with zero attached hydrogens (tertiary/aromatic N) is 2. The molecular weight excluding hydrogens is 344 g/mol. The fourth-order valence-corrected chi connectivity index (χ4v) is 1.92. The number of hydrogen-bond acceptors (Lipinski definition) is 4. The van der Waals surface area contributed by atoms with Gasteiger partial charge in [-0.3, -0.25) is 4.79 Å². The summed E-state index contributed by atoms with van der Waals surface area (Å²) in [6, 6.07) is 8.48. The summed E-state index contributed by atoms with van der Waals surface area (Å²) < 4.78 is 0.770. The number of hydrogen-bond donors (Lipinski definition) is 2. The summed E-state index contributed by atoms with van der Waals surface area (Å²) in [4.78, 5) is 12.0. The lowest BCUT2D eigenvalue weighted by molar-refractivity contribution is 0.102. The van der Waals surface area contributed by atoms with E-state index in [1.54, 1.807) is 30.3 Å². The van der Waals surface area contributed by atoms with Crippen LogP contribution in [0, 0.1) is 0 Å². The molecule has 2 N–H and O–H groups in total. The normalized spacial score (nSPS) is 10.2. The van der Waals surface area contributed by atoms with Gasteiger partial charge < -0.3 is 10.6 Å². The first-order chi connectivity index (χ1) is 9.60. The van der Waals surface area contributed by atoms with E-state index in [1.807, 2.05) is 6.92 Å². The Hall–Kier alpha value is -1.66. The molecule has 0 aliphatic heterocycles. The summed E-state index contributed by atoms with van der Waals surface area (Å²) in [5.41, 5.74) is 0.839. The van der Waals surface area contributed by atoms with E-state index in [9.17, 15) is 4.79 Å². The van der Waals surface area contributed by atoms with Crippen LogP contribution in [-0.2, 0) is 0 Å². The van der Waals surface area contributed by atoms with E-state index < -0.39 is 0 Å². The minimum absolute atomic E-state index is 0.241. The maximum atomic E-state index is 12.0. The smallest absolute Gasteiger partial charge is 0.276 e. The van der Waals surface area contributed by atoms with Crippen LogP contribution in [0.15, 0.2) is 34.8 Å².